The molecule has 0 bridgehead atoms. The zero-order valence-corrected chi connectivity index (χ0v) is 10.7. The number of hydrogen-bond acceptors (Lipinski definition) is 2. The van der Waals surface area contributed by atoms with Crippen molar-refractivity contribution in [3.8, 4) is 0 Å². The number of nitrogens with zero attached hydrogens (tertiary/aromatic N) is 3. The van der Waals surface area contributed by atoms with E-state index in [2.05, 4.69) is 10.0 Å². The van der Waals surface area contributed by atoms with E-state index in [1.165, 1.54) is 6.07 Å². The van der Waals surface area contributed by atoms with Gasteiger partial charge in [-0.2, -0.15) is 0 Å². The Morgan fingerprint density at radius 3 is 2.57 bits per heavy atom. The largest absolute Gasteiger partial charge is 0.289 e. The van der Waals surface area contributed by atoms with Gasteiger partial charge < -0.3 is 0 Å². The molecule has 0 N–H and O–H groups in total. The van der Waals surface area contributed by atoms with Crippen LogP contribution in [0.1, 0.15) is 10.4 Å². The Morgan fingerprint density at radius 2 is 1.76 bits per heavy atom. The van der Waals surface area contributed by atoms with E-state index in [0.717, 1.165) is 21.5 Å². The van der Waals surface area contributed by atoms with Gasteiger partial charge in [-0.05, 0) is 33.6 Å². The minimum absolute atomic E-state index is 0.0950. The lowest BCUT2D eigenvalue weighted by Crippen LogP contribution is -1.97. The van der Waals surface area contributed by atoms with Gasteiger partial charge in [0.2, 0.25) is 5.91 Å². The fourth-order valence-electron chi connectivity index (χ4n) is 2.98. The quantitative estimate of drug-likeness (QED) is 0.228. The fourth-order valence-corrected chi connectivity index (χ4v) is 2.98. The first-order valence-electron chi connectivity index (χ1n) is 6.34. The van der Waals surface area contributed by atoms with Gasteiger partial charge in [-0.25, -0.2) is 0 Å². The smallest absolute Gasteiger partial charge is 0.249 e. The average molecular weight is 273 g/mol. The molecule has 4 aromatic rings. The molecule has 0 saturated carbocycles. The van der Waals surface area contributed by atoms with Gasteiger partial charge in [0, 0.05) is 32.0 Å². The number of carbonyl (C=O) groups excluding carboxylic acids is 1. The Balaban J connectivity index is 2.26. The summed E-state index contributed by atoms with van der Waals surface area (Å²) in [4.78, 5) is 26.8. The molecule has 5 heteroatoms. The summed E-state index contributed by atoms with van der Waals surface area (Å²) in [6, 6.07) is 12.6. The molecule has 0 saturated heterocycles. The van der Waals surface area contributed by atoms with Gasteiger partial charge in [0.05, 0.1) is 0 Å². The second kappa shape index (κ2) is 3.91. The molecule has 4 rings (SSSR count). The van der Waals surface area contributed by atoms with Gasteiger partial charge in [0.25, 0.3) is 0 Å². The van der Waals surface area contributed by atoms with Crippen LogP contribution < -0.4 is 5.43 Å². The highest BCUT2D eigenvalue weighted by Gasteiger charge is 2.17. The Hall–Kier alpha value is -3.17. The Kier molecular flexibility index (Phi) is 2.17. The summed E-state index contributed by atoms with van der Waals surface area (Å²) < 4.78 is 0. The number of carbonyl (C=O) groups is 1. The molecular formula is C16H7N3O2. The summed E-state index contributed by atoms with van der Waals surface area (Å²) in [6.45, 7) is 0. The fraction of sp³-hybridized carbons (Fsp3) is 0. The first-order valence-corrected chi connectivity index (χ1v) is 6.34. The molecular weight excluding hydrogens is 266 g/mol. The molecule has 0 atom stereocenters. The van der Waals surface area contributed by atoms with E-state index in [1.807, 2.05) is 24.3 Å². The second-order valence-corrected chi connectivity index (χ2v) is 4.91. The summed E-state index contributed by atoms with van der Waals surface area (Å²) in [6.07, 6.45) is 0. The number of amides is 1. The first-order chi connectivity index (χ1) is 10.2. The third kappa shape index (κ3) is 1.43. The van der Waals surface area contributed by atoms with Crippen molar-refractivity contribution in [3.63, 3.8) is 0 Å². The minimum atomic E-state index is -0.681. The van der Waals surface area contributed by atoms with Crippen molar-refractivity contribution in [1.29, 1.82) is 0 Å². The maximum absolute atomic E-state index is 12.5. The van der Waals surface area contributed by atoms with E-state index in [0.29, 0.717) is 10.8 Å². The number of azide groups is 1. The molecule has 0 aliphatic carbocycles. The molecule has 0 unspecified atom stereocenters. The molecule has 21 heavy (non-hydrogen) atoms. The third-order valence-electron chi connectivity index (χ3n) is 3.83. The molecule has 0 heterocycles. The van der Waals surface area contributed by atoms with Crippen molar-refractivity contribution in [2.45, 2.75) is 0 Å². The summed E-state index contributed by atoms with van der Waals surface area (Å²) >= 11 is 0. The second-order valence-electron chi connectivity index (χ2n) is 4.91. The molecule has 5 nitrogen and oxygen atoms in total. The number of rotatable bonds is 1. The average Bonchev–Trinajstić information content (AvgIpc) is 2.80. The summed E-state index contributed by atoms with van der Waals surface area (Å²) in [7, 11) is 0. The molecule has 0 radical (unpaired) electrons. The molecule has 0 aliphatic heterocycles. The van der Waals surface area contributed by atoms with Crippen molar-refractivity contribution in [2.24, 2.45) is 5.11 Å². The van der Waals surface area contributed by atoms with Crippen LogP contribution in [0.25, 0.3) is 42.8 Å². The lowest BCUT2D eigenvalue weighted by atomic mass is 10.00. The minimum Gasteiger partial charge on any atom is -0.289 e. The van der Waals surface area contributed by atoms with E-state index in [-0.39, 0.29) is 11.0 Å². The summed E-state index contributed by atoms with van der Waals surface area (Å²) in [5.74, 6) is -0.681. The standard InChI is InChI=1S/C16H7N3O2/c17-19-18-16(21)10-6-9-5-4-8-2-1-3-11-13(8)14(9)12(7-10)15(11)20/h1-7H. The van der Waals surface area contributed by atoms with E-state index in [9.17, 15) is 9.59 Å². The molecule has 0 aliphatic rings. The van der Waals surface area contributed by atoms with E-state index in [1.54, 1.807) is 12.1 Å². The summed E-state index contributed by atoms with van der Waals surface area (Å²) in [5, 5.41) is 7.84. The highest BCUT2D eigenvalue weighted by atomic mass is 16.1. The van der Waals surface area contributed by atoms with Crippen molar-refractivity contribution in [1.82, 2.24) is 0 Å². The van der Waals surface area contributed by atoms with Gasteiger partial charge in [-0.1, -0.05) is 30.3 Å². The van der Waals surface area contributed by atoms with Gasteiger partial charge in [-0.3, -0.25) is 9.59 Å². The molecule has 1 amide bonds. The van der Waals surface area contributed by atoms with Crippen LogP contribution in [0, 0.1) is 0 Å². The monoisotopic (exact) mass is 273 g/mol. The van der Waals surface area contributed by atoms with Gasteiger partial charge in [-0.15, -0.1) is 0 Å². The predicted molar refractivity (Wildman–Crippen MR) is 81.1 cm³/mol. The zero-order valence-electron chi connectivity index (χ0n) is 10.7. The van der Waals surface area contributed by atoms with Crippen LogP contribution in [0.3, 0.4) is 0 Å². The Morgan fingerprint density at radius 1 is 1.00 bits per heavy atom. The topological polar surface area (TPSA) is 82.9 Å². The van der Waals surface area contributed by atoms with E-state index in [4.69, 9.17) is 5.53 Å². The first kappa shape index (κ1) is 11.6. The van der Waals surface area contributed by atoms with Crippen LogP contribution in [-0.2, 0) is 0 Å². The predicted octanol–water partition coefficient (Wildman–Crippen LogP) is 3.83. The van der Waals surface area contributed by atoms with E-state index < -0.39 is 5.91 Å². The maximum Gasteiger partial charge on any atom is 0.249 e. The van der Waals surface area contributed by atoms with Crippen LogP contribution in [0.2, 0.25) is 0 Å². The van der Waals surface area contributed by atoms with E-state index >= 15 is 0 Å². The SMILES string of the molecule is [N-]=[N+]=NC(=O)c1cc2ccc3cccc4c(=O)c(c1)c2c34. The van der Waals surface area contributed by atoms with Crippen LogP contribution in [0.5, 0.6) is 0 Å². The van der Waals surface area contributed by atoms with Gasteiger partial charge in [0.1, 0.15) is 0 Å². The highest BCUT2D eigenvalue weighted by molar-refractivity contribution is 6.26. The highest BCUT2D eigenvalue weighted by Crippen LogP contribution is 2.34. The van der Waals surface area contributed by atoms with Crippen LogP contribution in [0.4, 0.5) is 0 Å². The van der Waals surface area contributed by atoms with Crippen LogP contribution in [-0.4, -0.2) is 5.91 Å². The number of hydrogen-bond donors (Lipinski definition) is 0. The number of benzene rings is 3. The van der Waals surface area contributed by atoms with Gasteiger partial charge in [0.15, 0.2) is 5.43 Å². The summed E-state index contributed by atoms with van der Waals surface area (Å²) in [5.41, 5.74) is 8.52. The van der Waals surface area contributed by atoms with Gasteiger partial charge >= 0.3 is 0 Å². The molecule has 0 aromatic heterocycles. The lowest BCUT2D eigenvalue weighted by Gasteiger charge is -2.03. The molecule has 4 aromatic carbocycles. The van der Waals surface area contributed by atoms with Crippen LogP contribution >= 0.6 is 0 Å². The molecule has 0 fully saturated rings. The lowest BCUT2D eigenvalue weighted by molar-refractivity contribution is 0.100. The normalized spacial score (nSPS) is 11.2. The van der Waals surface area contributed by atoms with Crippen molar-refractivity contribution < 1.29 is 4.79 Å². The van der Waals surface area contributed by atoms with Crippen molar-refractivity contribution in [3.05, 3.63) is 68.7 Å². The maximum atomic E-state index is 12.5. The molecule has 0 spiro atoms. The Labute approximate surface area is 117 Å². The molecule has 98 valence electrons. The van der Waals surface area contributed by atoms with Crippen LogP contribution in [0.15, 0.2) is 52.4 Å². The third-order valence-corrected chi connectivity index (χ3v) is 3.83. The zero-order chi connectivity index (χ0) is 14.6. The Bertz CT molecular complexity index is 1130. The van der Waals surface area contributed by atoms with Crippen molar-refractivity contribution >= 4 is 38.2 Å². The van der Waals surface area contributed by atoms with Crippen molar-refractivity contribution in [2.75, 3.05) is 0 Å².